The van der Waals surface area contributed by atoms with Gasteiger partial charge < -0.3 is 15.8 Å². The summed E-state index contributed by atoms with van der Waals surface area (Å²) in [6.07, 6.45) is 0. The van der Waals surface area contributed by atoms with Crippen molar-refractivity contribution in [2.75, 3.05) is 25.5 Å². The molecule has 0 aliphatic carbocycles. The van der Waals surface area contributed by atoms with Gasteiger partial charge in [-0.3, -0.25) is 19.3 Å². The lowest BCUT2D eigenvalue weighted by Gasteiger charge is -2.17. The number of hydrogen-bond acceptors (Lipinski definition) is 5. The summed E-state index contributed by atoms with van der Waals surface area (Å²) in [5.74, 6) is -1.72. The molecule has 0 aliphatic heterocycles. The van der Waals surface area contributed by atoms with E-state index in [1.165, 1.54) is 14.0 Å². The van der Waals surface area contributed by atoms with Gasteiger partial charge in [-0.15, -0.1) is 0 Å². The van der Waals surface area contributed by atoms with E-state index >= 15 is 0 Å². The molecule has 0 unspecified atom stereocenters. The molecule has 0 bridgehead atoms. The summed E-state index contributed by atoms with van der Waals surface area (Å²) in [4.78, 5) is 35.6. The van der Waals surface area contributed by atoms with Crippen LogP contribution in [-0.2, 0) is 14.4 Å². The van der Waals surface area contributed by atoms with E-state index in [9.17, 15) is 14.4 Å². The molecule has 3 N–H and O–H groups in total. The van der Waals surface area contributed by atoms with Crippen molar-refractivity contribution < 1.29 is 19.1 Å². The molecule has 20 heavy (non-hydrogen) atoms. The SMILES string of the molecule is COc1ccc(NC(=O)C(=O)N(CCN)C(C)=O)cc1. The molecule has 0 atom stereocenters. The molecule has 1 rings (SSSR count). The molecule has 0 saturated carbocycles. The first-order valence-corrected chi connectivity index (χ1v) is 5.97. The quantitative estimate of drug-likeness (QED) is 0.753. The van der Waals surface area contributed by atoms with Crippen molar-refractivity contribution >= 4 is 23.4 Å². The maximum absolute atomic E-state index is 11.8. The highest BCUT2D eigenvalue weighted by atomic mass is 16.5. The second-order valence-corrected chi connectivity index (χ2v) is 3.95. The van der Waals surface area contributed by atoms with Crippen molar-refractivity contribution in [3.8, 4) is 5.75 Å². The number of nitrogens with zero attached hydrogens (tertiary/aromatic N) is 1. The average molecular weight is 279 g/mol. The number of methoxy groups -OCH3 is 1. The standard InChI is InChI=1S/C13H17N3O4/c1-9(17)16(8-7-14)13(19)12(18)15-10-3-5-11(20-2)6-4-10/h3-6H,7-8,14H2,1-2H3,(H,15,18). The number of benzene rings is 1. The van der Waals surface area contributed by atoms with Gasteiger partial charge in [0.2, 0.25) is 5.91 Å². The fraction of sp³-hybridized carbons (Fsp3) is 0.308. The summed E-state index contributed by atoms with van der Waals surface area (Å²) in [5, 5.41) is 2.41. The van der Waals surface area contributed by atoms with Gasteiger partial charge >= 0.3 is 11.8 Å². The van der Waals surface area contributed by atoms with E-state index in [2.05, 4.69) is 5.32 Å². The van der Waals surface area contributed by atoms with Crippen LogP contribution in [0.1, 0.15) is 6.92 Å². The molecule has 0 aromatic heterocycles. The molecule has 0 fully saturated rings. The molecule has 3 amide bonds. The topological polar surface area (TPSA) is 102 Å². The number of anilines is 1. The highest BCUT2D eigenvalue weighted by Gasteiger charge is 2.24. The Morgan fingerprint density at radius 1 is 1.25 bits per heavy atom. The summed E-state index contributed by atoms with van der Waals surface area (Å²) in [6, 6.07) is 6.46. The molecule has 0 heterocycles. The van der Waals surface area contributed by atoms with Gasteiger partial charge in [-0.2, -0.15) is 0 Å². The fourth-order valence-corrected chi connectivity index (χ4v) is 1.51. The van der Waals surface area contributed by atoms with Crippen molar-refractivity contribution in [1.29, 1.82) is 0 Å². The maximum Gasteiger partial charge on any atom is 0.318 e. The summed E-state index contributed by atoms with van der Waals surface area (Å²) >= 11 is 0. The molecule has 7 heteroatoms. The molecule has 0 saturated heterocycles. The van der Waals surface area contributed by atoms with E-state index in [1.54, 1.807) is 24.3 Å². The lowest BCUT2D eigenvalue weighted by molar-refractivity contribution is -0.149. The number of rotatable bonds is 4. The lowest BCUT2D eigenvalue weighted by Crippen LogP contribution is -2.44. The van der Waals surface area contributed by atoms with Gasteiger partial charge in [0.25, 0.3) is 0 Å². The van der Waals surface area contributed by atoms with Gasteiger partial charge in [0.15, 0.2) is 0 Å². The minimum Gasteiger partial charge on any atom is -0.497 e. The van der Waals surface area contributed by atoms with Crippen molar-refractivity contribution in [1.82, 2.24) is 4.90 Å². The summed E-state index contributed by atoms with van der Waals surface area (Å²) in [6.45, 7) is 1.31. The van der Waals surface area contributed by atoms with E-state index in [4.69, 9.17) is 10.5 Å². The second-order valence-electron chi connectivity index (χ2n) is 3.95. The number of imide groups is 1. The Bertz CT molecular complexity index is 499. The summed E-state index contributed by atoms with van der Waals surface area (Å²) < 4.78 is 4.98. The Hall–Kier alpha value is -2.41. The summed E-state index contributed by atoms with van der Waals surface area (Å²) in [7, 11) is 1.52. The van der Waals surface area contributed by atoms with Crippen LogP contribution >= 0.6 is 0 Å². The largest absolute Gasteiger partial charge is 0.497 e. The van der Waals surface area contributed by atoms with E-state index in [0.717, 1.165) is 4.90 Å². The smallest absolute Gasteiger partial charge is 0.318 e. The molecule has 1 aromatic carbocycles. The highest BCUT2D eigenvalue weighted by Crippen LogP contribution is 2.14. The molecular formula is C13H17N3O4. The predicted octanol–water partition coefficient (Wildman–Crippen LogP) is -0.0325. The number of carbonyl (C=O) groups excluding carboxylic acids is 3. The van der Waals surface area contributed by atoms with Crippen LogP contribution in [0.4, 0.5) is 5.69 Å². The van der Waals surface area contributed by atoms with Crippen molar-refractivity contribution in [3.05, 3.63) is 24.3 Å². The van der Waals surface area contributed by atoms with E-state index in [0.29, 0.717) is 11.4 Å². The number of ether oxygens (including phenoxy) is 1. The third kappa shape index (κ3) is 4.06. The Morgan fingerprint density at radius 2 is 1.85 bits per heavy atom. The van der Waals surface area contributed by atoms with Gasteiger partial charge in [-0.05, 0) is 24.3 Å². The van der Waals surface area contributed by atoms with Crippen molar-refractivity contribution in [2.45, 2.75) is 6.92 Å². The Kier molecular flexibility index (Phi) is 5.67. The number of carbonyl (C=O) groups is 3. The van der Waals surface area contributed by atoms with Crippen molar-refractivity contribution in [3.63, 3.8) is 0 Å². The zero-order chi connectivity index (χ0) is 15.1. The average Bonchev–Trinajstić information content (AvgIpc) is 2.44. The first kappa shape index (κ1) is 15.6. The Morgan fingerprint density at radius 3 is 2.30 bits per heavy atom. The number of hydrogen-bond donors (Lipinski definition) is 2. The Balaban J connectivity index is 2.73. The second kappa shape index (κ2) is 7.25. The third-order valence-electron chi connectivity index (χ3n) is 2.52. The van der Waals surface area contributed by atoms with Crippen LogP contribution in [0.15, 0.2) is 24.3 Å². The van der Waals surface area contributed by atoms with Gasteiger partial charge in [0.1, 0.15) is 5.75 Å². The van der Waals surface area contributed by atoms with Gasteiger partial charge in [-0.1, -0.05) is 0 Å². The molecule has 0 radical (unpaired) electrons. The maximum atomic E-state index is 11.8. The van der Waals surface area contributed by atoms with Gasteiger partial charge in [0, 0.05) is 25.7 Å². The number of amides is 3. The molecule has 0 spiro atoms. The first-order valence-electron chi connectivity index (χ1n) is 5.97. The van der Waals surface area contributed by atoms with Crippen LogP contribution in [0.25, 0.3) is 0 Å². The highest BCUT2D eigenvalue weighted by molar-refractivity contribution is 6.41. The molecule has 1 aromatic rings. The van der Waals surface area contributed by atoms with Crippen LogP contribution in [-0.4, -0.2) is 42.8 Å². The monoisotopic (exact) mass is 279 g/mol. The lowest BCUT2D eigenvalue weighted by atomic mass is 10.3. The Labute approximate surface area is 116 Å². The first-order chi connectivity index (χ1) is 9.49. The van der Waals surface area contributed by atoms with E-state index < -0.39 is 17.7 Å². The van der Waals surface area contributed by atoms with Crippen LogP contribution in [0, 0.1) is 0 Å². The van der Waals surface area contributed by atoms with Gasteiger partial charge in [-0.25, -0.2) is 0 Å². The van der Waals surface area contributed by atoms with Gasteiger partial charge in [0.05, 0.1) is 7.11 Å². The zero-order valence-electron chi connectivity index (χ0n) is 11.4. The fourth-order valence-electron chi connectivity index (χ4n) is 1.51. The van der Waals surface area contributed by atoms with Crippen LogP contribution in [0.5, 0.6) is 5.75 Å². The molecule has 0 aliphatic rings. The molecule has 108 valence electrons. The van der Waals surface area contributed by atoms with E-state index in [-0.39, 0.29) is 13.1 Å². The van der Waals surface area contributed by atoms with Crippen LogP contribution in [0.3, 0.4) is 0 Å². The number of nitrogens with two attached hydrogens (primary N) is 1. The third-order valence-corrected chi connectivity index (χ3v) is 2.52. The summed E-state index contributed by atoms with van der Waals surface area (Å²) in [5.41, 5.74) is 5.73. The predicted molar refractivity (Wildman–Crippen MR) is 73.1 cm³/mol. The zero-order valence-corrected chi connectivity index (χ0v) is 11.4. The van der Waals surface area contributed by atoms with Crippen LogP contribution < -0.4 is 15.8 Å². The molecule has 7 nitrogen and oxygen atoms in total. The molecular weight excluding hydrogens is 262 g/mol. The van der Waals surface area contributed by atoms with Crippen LogP contribution in [0.2, 0.25) is 0 Å². The minimum absolute atomic E-state index is 0.00417. The normalized spacial score (nSPS) is 9.75. The number of nitrogens with one attached hydrogen (secondary N) is 1. The minimum atomic E-state index is -0.932. The van der Waals surface area contributed by atoms with Crippen molar-refractivity contribution in [2.24, 2.45) is 5.73 Å². The van der Waals surface area contributed by atoms with E-state index in [1.807, 2.05) is 0 Å².